The van der Waals surface area contributed by atoms with Crippen LogP contribution in [0, 0.1) is 5.41 Å². The van der Waals surface area contributed by atoms with E-state index < -0.39 is 17.4 Å². The van der Waals surface area contributed by atoms with E-state index in [9.17, 15) is 9.59 Å². The number of hydrogen-bond acceptors (Lipinski definition) is 6. The second-order valence-corrected chi connectivity index (χ2v) is 3.83. The summed E-state index contributed by atoms with van der Waals surface area (Å²) in [5.74, 6) is -0.988. The Labute approximate surface area is 99.6 Å². The van der Waals surface area contributed by atoms with E-state index in [1.807, 2.05) is 0 Å². The summed E-state index contributed by atoms with van der Waals surface area (Å²) in [6.45, 7) is 8.02. The molecule has 1 aliphatic rings. The lowest BCUT2D eigenvalue weighted by molar-refractivity contribution is -0.146. The summed E-state index contributed by atoms with van der Waals surface area (Å²) in [5.41, 5.74) is 5.38. The molecule has 0 spiro atoms. The molecule has 0 saturated carbocycles. The fraction of sp³-hybridized carbons (Fsp3) is 0.455. The summed E-state index contributed by atoms with van der Waals surface area (Å²) in [7, 11) is 0. The van der Waals surface area contributed by atoms with Crippen LogP contribution < -0.4 is 10.9 Å². The maximum Gasteiger partial charge on any atom is 0.330 e. The van der Waals surface area contributed by atoms with E-state index in [0.717, 1.165) is 12.2 Å². The molecule has 1 fully saturated rings. The van der Waals surface area contributed by atoms with Gasteiger partial charge in [0.25, 0.3) is 0 Å². The number of rotatable bonds is 6. The highest BCUT2D eigenvalue weighted by Crippen LogP contribution is 2.20. The van der Waals surface area contributed by atoms with E-state index in [2.05, 4.69) is 24.0 Å². The molecule has 1 saturated heterocycles. The Morgan fingerprint density at radius 2 is 1.47 bits per heavy atom. The highest BCUT2D eigenvalue weighted by Gasteiger charge is 2.36. The van der Waals surface area contributed by atoms with E-state index in [4.69, 9.17) is 9.47 Å². The van der Waals surface area contributed by atoms with E-state index in [1.165, 1.54) is 0 Å². The molecule has 1 heterocycles. The molecule has 17 heavy (non-hydrogen) atoms. The highest BCUT2D eigenvalue weighted by atomic mass is 16.5. The standard InChI is InChI=1S/C11H16N2O4/c1-3-9(14)16-7-11(5-12-13-6-11)8-17-10(15)4-2/h3-4,12-13H,1-2,5-8H2. The lowest BCUT2D eigenvalue weighted by Crippen LogP contribution is -2.38. The number of hydrazine groups is 1. The van der Waals surface area contributed by atoms with Crippen LogP contribution in [0.4, 0.5) is 0 Å². The lowest BCUT2D eigenvalue weighted by Gasteiger charge is -2.25. The van der Waals surface area contributed by atoms with Gasteiger partial charge in [0.15, 0.2) is 0 Å². The van der Waals surface area contributed by atoms with Crippen LogP contribution in [0.25, 0.3) is 0 Å². The third-order valence-corrected chi connectivity index (χ3v) is 2.43. The summed E-state index contributed by atoms with van der Waals surface area (Å²) in [4.78, 5) is 22.0. The maximum absolute atomic E-state index is 11.0. The van der Waals surface area contributed by atoms with Crippen LogP contribution in [0.2, 0.25) is 0 Å². The van der Waals surface area contributed by atoms with E-state index in [0.29, 0.717) is 13.1 Å². The summed E-state index contributed by atoms with van der Waals surface area (Å²) >= 11 is 0. The third-order valence-electron chi connectivity index (χ3n) is 2.43. The summed E-state index contributed by atoms with van der Waals surface area (Å²) < 4.78 is 9.98. The van der Waals surface area contributed by atoms with Crippen LogP contribution in [0.3, 0.4) is 0 Å². The topological polar surface area (TPSA) is 76.7 Å². The zero-order valence-electron chi connectivity index (χ0n) is 9.53. The Bertz CT molecular complexity index is 295. The van der Waals surface area contributed by atoms with Crippen molar-refractivity contribution in [1.82, 2.24) is 10.9 Å². The van der Waals surface area contributed by atoms with Gasteiger partial charge in [-0.1, -0.05) is 13.2 Å². The van der Waals surface area contributed by atoms with Crippen molar-refractivity contribution >= 4 is 11.9 Å². The van der Waals surface area contributed by atoms with Gasteiger partial charge in [0, 0.05) is 25.2 Å². The van der Waals surface area contributed by atoms with E-state index in [1.54, 1.807) is 0 Å². The van der Waals surface area contributed by atoms with Crippen molar-refractivity contribution in [1.29, 1.82) is 0 Å². The Hall–Kier alpha value is -1.66. The molecule has 0 unspecified atom stereocenters. The van der Waals surface area contributed by atoms with Crippen molar-refractivity contribution < 1.29 is 19.1 Å². The molecule has 0 radical (unpaired) electrons. The molecule has 0 aliphatic carbocycles. The Morgan fingerprint density at radius 3 is 1.82 bits per heavy atom. The molecule has 6 nitrogen and oxygen atoms in total. The Balaban J connectivity index is 2.50. The van der Waals surface area contributed by atoms with Gasteiger partial charge in [0.1, 0.15) is 13.2 Å². The average molecular weight is 240 g/mol. The van der Waals surface area contributed by atoms with Gasteiger partial charge >= 0.3 is 11.9 Å². The molecular formula is C11H16N2O4. The number of carbonyl (C=O) groups is 2. The van der Waals surface area contributed by atoms with Crippen molar-refractivity contribution in [3.8, 4) is 0 Å². The number of ether oxygens (including phenoxy) is 2. The first-order chi connectivity index (χ1) is 8.12. The number of esters is 2. The first kappa shape index (κ1) is 13.4. The van der Waals surface area contributed by atoms with Crippen LogP contribution in [0.1, 0.15) is 0 Å². The van der Waals surface area contributed by atoms with Gasteiger partial charge < -0.3 is 9.47 Å². The zero-order chi connectivity index (χ0) is 12.7. The SMILES string of the molecule is C=CC(=O)OCC1(COC(=O)C=C)CNNC1. The first-order valence-corrected chi connectivity index (χ1v) is 5.16. The molecule has 1 rings (SSSR count). The van der Waals surface area contributed by atoms with Gasteiger partial charge in [-0.25, -0.2) is 9.59 Å². The summed E-state index contributed by atoms with van der Waals surface area (Å²) in [6.07, 6.45) is 2.19. The van der Waals surface area contributed by atoms with Gasteiger partial charge in [-0.3, -0.25) is 10.9 Å². The van der Waals surface area contributed by atoms with E-state index >= 15 is 0 Å². The average Bonchev–Trinajstić information content (AvgIpc) is 2.82. The van der Waals surface area contributed by atoms with Crippen LogP contribution >= 0.6 is 0 Å². The second-order valence-electron chi connectivity index (χ2n) is 3.83. The Morgan fingerprint density at radius 1 is 1.06 bits per heavy atom. The second kappa shape index (κ2) is 6.17. The molecule has 1 aliphatic heterocycles. The van der Waals surface area contributed by atoms with Crippen LogP contribution in [-0.4, -0.2) is 38.2 Å². The highest BCUT2D eigenvalue weighted by molar-refractivity contribution is 5.81. The van der Waals surface area contributed by atoms with Crippen LogP contribution in [0.5, 0.6) is 0 Å². The smallest absolute Gasteiger partial charge is 0.330 e. The van der Waals surface area contributed by atoms with Crippen molar-refractivity contribution in [2.75, 3.05) is 26.3 Å². The largest absolute Gasteiger partial charge is 0.462 e. The monoisotopic (exact) mass is 240 g/mol. The van der Waals surface area contributed by atoms with Gasteiger partial charge in [-0.15, -0.1) is 0 Å². The summed E-state index contributed by atoms with van der Waals surface area (Å²) in [5, 5.41) is 0. The van der Waals surface area contributed by atoms with Crippen LogP contribution in [0.15, 0.2) is 25.3 Å². The van der Waals surface area contributed by atoms with Gasteiger partial charge in [0.05, 0.1) is 5.41 Å². The molecule has 0 atom stereocenters. The number of carbonyl (C=O) groups excluding carboxylic acids is 2. The minimum atomic E-state index is -0.494. The molecule has 6 heteroatoms. The molecule has 0 aromatic carbocycles. The fourth-order valence-electron chi connectivity index (χ4n) is 1.37. The van der Waals surface area contributed by atoms with Crippen molar-refractivity contribution in [3.63, 3.8) is 0 Å². The predicted molar refractivity (Wildman–Crippen MR) is 60.8 cm³/mol. The molecule has 2 N–H and O–H groups in total. The van der Waals surface area contributed by atoms with E-state index in [-0.39, 0.29) is 13.2 Å². The van der Waals surface area contributed by atoms with Gasteiger partial charge in [0.2, 0.25) is 0 Å². The van der Waals surface area contributed by atoms with Crippen molar-refractivity contribution in [2.45, 2.75) is 0 Å². The minimum Gasteiger partial charge on any atom is -0.462 e. The molecule has 0 aromatic heterocycles. The molecule has 0 amide bonds. The number of nitrogens with one attached hydrogen (secondary N) is 2. The van der Waals surface area contributed by atoms with Crippen molar-refractivity contribution in [2.24, 2.45) is 5.41 Å². The summed E-state index contributed by atoms with van der Waals surface area (Å²) in [6, 6.07) is 0. The Kier molecular flexibility index (Phi) is 4.86. The fourth-order valence-corrected chi connectivity index (χ4v) is 1.37. The van der Waals surface area contributed by atoms with Crippen molar-refractivity contribution in [3.05, 3.63) is 25.3 Å². The normalized spacial score (nSPS) is 17.2. The predicted octanol–water partition coefficient (Wildman–Crippen LogP) is -0.461. The quantitative estimate of drug-likeness (QED) is 0.483. The van der Waals surface area contributed by atoms with Gasteiger partial charge in [-0.2, -0.15) is 0 Å². The molecular weight excluding hydrogens is 224 g/mol. The molecule has 0 aromatic rings. The third kappa shape index (κ3) is 4.01. The number of hydrogen-bond donors (Lipinski definition) is 2. The minimum absolute atomic E-state index is 0.155. The zero-order valence-corrected chi connectivity index (χ0v) is 9.53. The molecule has 94 valence electrons. The van der Waals surface area contributed by atoms with Crippen LogP contribution in [-0.2, 0) is 19.1 Å². The van der Waals surface area contributed by atoms with Gasteiger partial charge in [-0.05, 0) is 0 Å². The first-order valence-electron chi connectivity index (χ1n) is 5.16. The molecule has 0 bridgehead atoms. The maximum atomic E-state index is 11.0. The lowest BCUT2D eigenvalue weighted by atomic mass is 9.91.